The number of sulfonamides is 1. The van der Waals surface area contributed by atoms with Gasteiger partial charge in [0.1, 0.15) is 0 Å². The fourth-order valence-corrected chi connectivity index (χ4v) is 3.24. The standard InChI is InChI=1S/C14H18N2O3S/c1-2-12(17)6-9-16-20(18,19)14-5-3-4-11-10-15-8-7-13(11)14/h3-5,7-8,10,12,16-17H,2,6,9H2,1H3. The fraction of sp³-hybridized carbons (Fsp3) is 0.357. The van der Waals surface area contributed by atoms with Gasteiger partial charge in [-0.1, -0.05) is 19.1 Å². The van der Waals surface area contributed by atoms with E-state index < -0.39 is 16.1 Å². The summed E-state index contributed by atoms with van der Waals surface area (Å²) in [5.41, 5.74) is 0. The van der Waals surface area contributed by atoms with Gasteiger partial charge in [0.15, 0.2) is 0 Å². The molecule has 1 heterocycles. The maximum absolute atomic E-state index is 12.3. The Balaban J connectivity index is 2.24. The average Bonchev–Trinajstić information content (AvgIpc) is 2.46. The highest BCUT2D eigenvalue weighted by Crippen LogP contribution is 2.21. The first-order valence-corrected chi connectivity index (χ1v) is 8.03. The van der Waals surface area contributed by atoms with Crippen molar-refractivity contribution in [3.63, 3.8) is 0 Å². The minimum Gasteiger partial charge on any atom is -0.393 e. The van der Waals surface area contributed by atoms with Crippen LogP contribution < -0.4 is 4.72 Å². The largest absolute Gasteiger partial charge is 0.393 e. The molecule has 0 aliphatic heterocycles. The van der Waals surface area contributed by atoms with E-state index in [0.29, 0.717) is 18.2 Å². The van der Waals surface area contributed by atoms with E-state index in [0.717, 1.165) is 5.39 Å². The third-order valence-corrected chi connectivity index (χ3v) is 4.69. The topological polar surface area (TPSA) is 79.3 Å². The zero-order valence-corrected chi connectivity index (χ0v) is 12.1. The Hall–Kier alpha value is -1.50. The zero-order chi connectivity index (χ0) is 14.6. The number of nitrogens with one attached hydrogen (secondary N) is 1. The van der Waals surface area contributed by atoms with Crippen molar-refractivity contribution in [2.24, 2.45) is 0 Å². The van der Waals surface area contributed by atoms with Gasteiger partial charge < -0.3 is 5.11 Å². The predicted octanol–water partition coefficient (Wildman–Crippen LogP) is 1.67. The van der Waals surface area contributed by atoms with E-state index >= 15 is 0 Å². The normalized spacial score (nSPS) is 13.5. The third kappa shape index (κ3) is 3.33. The molecule has 20 heavy (non-hydrogen) atoms. The van der Waals surface area contributed by atoms with Gasteiger partial charge in [0.2, 0.25) is 10.0 Å². The molecule has 0 amide bonds. The van der Waals surface area contributed by atoms with Crippen LogP contribution in [0, 0.1) is 0 Å². The van der Waals surface area contributed by atoms with Crippen molar-refractivity contribution < 1.29 is 13.5 Å². The Bertz CT molecular complexity index is 680. The van der Waals surface area contributed by atoms with E-state index in [1.54, 1.807) is 30.6 Å². The first-order chi connectivity index (χ1) is 9.54. The third-order valence-electron chi connectivity index (χ3n) is 3.17. The van der Waals surface area contributed by atoms with Crippen LogP contribution in [0.3, 0.4) is 0 Å². The van der Waals surface area contributed by atoms with Crippen LogP contribution in [0.2, 0.25) is 0 Å². The highest BCUT2D eigenvalue weighted by molar-refractivity contribution is 7.89. The number of hydrogen-bond acceptors (Lipinski definition) is 4. The van der Waals surface area contributed by atoms with Crippen LogP contribution >= 0.6 is 0 Å². The summed E-state index contributed by atoms with van der Waals surface area (Å²) in [4.78, 5) is 4.22. The lowest BCUT2D eigenvalue weighted by Crippen LogP contribution is -2.27. The van der Waals surface area contributed by atoms with Crippen LogP contribution in [0.5, 0.6) is 0 Å². The van der Waals surface area contributed by atoms with Gasteiger partial charge in [0, 0.05) is 29.7 Å². The number of rotatable bonds is 6. The minimum atomic E-state index is -3.58. The van der Waals surface area contributed by atoms with E-state index in [4.69, 9.17) is 0 Å². The highest BCUT2D eigenvalue weighted by atomic mass is 32.2. The van der Waals surface area contributed by atoms with E-state index in [1.165, 1.54) is 0 Å². The monoisotopic (exact) mass is 294 g/mol. The number of aliphatic hydroxyl groups is 1. The van der Waals surface area contributed by atoms with Crippen molar-refractivity contribution in [1.82, 2.24) is 9.71 Å². The van der Waals surface area contributed by atoms with E-state index in [1.807, 2.05) is 13.0 Å². The lowest BCUT2D eigenvalue weighted by molar-refractivity contribution is 0.162. The molecular formula is C14H18N2O3S. The molecule has 0 aliphatic rings. The summed E-state index contributed by atoms with van der Waals surface area (Å²) >= 11 is 0. The van der Waals surface area contributed by atoms with Gasteiger partial charge in [-0.05, 0) is 25.0 Å². The van der Waals surface area contributed by atoms with E-state index in [9.17, 15) is 13.5 Å². The maximum atomic E-state index is 12.3. The zero-order valence-electron chi connectivity index (χ0n) is 11.3. The number of benzene rings is 1. The average molecular weight is 294 g/mol. The fourth-order valence-electron chi connectivity index (χ4n) is 1.97. The van der Waals surface area contributed by atoms with Gasteiger partial charge in [-0.2, -0.15) is 0 Å². The number of nitrogens with zero attached hydrogens (tertiary/aromatic N) is 1. The molecule has 1 unspecified atom stereocenters. The Kier molecular flexibility index (Phi) is 4.69. The van der Waals surface area contributed by atoms with Crippen LogP contribution in [0.1, 0.15) is 19.8 Å². The van der Waals surface area contributed by atoms with Crippen molar-refractivity contribution in [3.8, 4) is 0 Å². The molecule has 108 valence electrons. The van der Waals surface area contributed by atoms with E-state index in [-0.39, 0.29) is 11.4 Å². The molecule has 5 nitrogen and oxygen atoms in total. The predicted molar refractivity (Wildman–Crippen MR) is 77.8 cm³/mol. The molecule has 2 N–H and O–H groups in total. The molecule has 0 aliphatic carbocycles. The number of aliphatic hydroxyl groups excluding tert-OH is 1. The lowest BCUT2D eigenvalue weighted by Gasteiger charge is -2.11. The molecule has 0 saturated heterocycles. The first kappa shape index (κ1) is 14.9. The highest BCUT2D eigenvalue weighted by Gasteiger charge is 2.17. The Morgan fingerprint density at radius 3 is 2.90 bits per heavy atom. The van der Waals surface area contributed by atoms with Gasteiger partial charge in [-0.3, -0.25) is 4.98 Å². The van der Waals surface area contributed by atoms with Crippen molar-refractivity contribution in [2.75, 3.05) is 6.54 Å². The molecule has 2 rings (SSSR count). The second-order valence-corrected chi connectivity index (χ2v) is 6.34. The molecule has 0 saturated carbocycles. The van der Waals surface area contributed by atoms with Gasteiger partial charge >= 0.3 is 0 Å². The summed E-state index contributed by atoms with van der Waals surface area (Å²) in [6.45, 7) is 2.08. The number of aromatic nitrogens is 1. The molecule has 1 aromatic carbocycles. The maximum Gasteiger partial charge on any atom is 0.241 e. The Morgan fingerprint density at radius 1 is 1.35 bits per heavy atom. The van der Waals surface area contributed by atoms with Crippen LogP contribution in [0.25, 0.3) is 10.8 Å². The summed E-state index contributed by atoms with van der Waals surface area (Å²) < 4.78 is 27.1. The van der Waals surface area contributed by atoms with Crippen LogP contribution in [-0.2, 0) is 10.0 Å². The summed E-state index contributed by atoms with van der Waals surface area (Å²) in [6, 6.07) is 6.77. The molecule has 1 aromatic heterocycles. The first-order valence-electron chi connectivity index (χ1n) is 6.55. The van der Waals surface area contributed by atoms with Crippen LogP contribution in [-0.4, -0.2) is 31.2 Å². The van der Waals surface area contributed by atoms with Crippen molar-refractivity contribution in [2.45, 2.75) is 30.8 Å². The number of hydrogen-bond donors (Lipinski definition) is 2. The second-order valence-electron chi connectivity index (χ2n) is 4.60. The molecular weight excluding hydrogens is 276 g/mol. The molecule has 0 bridgehead atoms. The summed E-state index contributed by atoms with van der Waals surface area (Å²) in [6.07, 6.45) is 3.75. The Labute approximate surface area is 118 Å². The summed E-state index contributed by atoms with van der Waals surface area (Å²) in [7, 11) is -3.58. The van der Waals surface area contributed by atoms with Gasteiger partial charge in [0.25, 0.3) is 0 Å². The molecule has 0 fully saturated rings. The lowest BCUT2D eigenvalue weighted by atomic mass is 10.2. The molecule has 6 heteroatoms. The van der Waals surface area contributed by atoms with Crippen molar-refractivity contribution in [3.05, 3.63) is 36.7 Å². The Morgan fingerprint density at radius 2 is 2.15 bits per heavy atom. The van der Waals surface area contributed by atoms with Crippen molar-refractivity contribution in [1.29, 1.82) is 0 Å². The van der Waals surface area contributed by atoms with Gasteiger partial charge in [-0.15, -0.1) is 0 Å². The molecule has 2 aromatic rings. The van der Waals surface area contributed by atoms with E-state index in [2.05, 4.69) is 9.71 Å². The second kappa shape index (κ2) is 6.30. The molecule has 1 atom stereocenters. The molecule has 0 radical (unpaired) electrons. The summed E-state index contributed by atoms with van der Waals surface area (Å²) in [5.74, 6) is 0. The smallest absolute Gasteiger partial charge is 0.241 e. The van der Waals surface area contributed by atoms with Crippen molar-refractivity contribution >= 4 is 20.8 Å². The summed E-state index contributed by atoms with van der Waals surface area (Å²) in [5, 5.41) is 10.9. The van der Waals surface area contributed by atoms with Gasteiger partial charge in [-0.25, -0.2) is 13.1 Å². The minimum absolute atomic E-state index is 0.221. The number of fused-ring (bicyclic) bond motifs is 1. The van der Waals surface area contributed by atoms with Gasteiger partial charge in [0.05, 0.1) is 11.0 Å². The van der Waals surface area contributed by atoms with Crippen LogP contribution in [0.4, 0.5) is 0 Å². The molecule has 0 spiro atoms. The SMILES string of the molecule is CCC(O)CCNS(=O)(=O)c1cccc2cnccc12. The van der Waals surface area contributed by atoms with Crippen LogP contribution in [0.15, 0.2) is 41.6 Å². The quantitative estimate of drug-likeness (QED) is 0.849. The number of pyridine rings is 1.